The Hall–Kier alpha value is -2.05. The Balaban J connectivity index is 1.83. The second kappa shape index (κ2) is 6.22. The van der Waals surface area contributed by atoms with E-state index in [-0.39, 0.29) is 6.54 Å². The lowest BCUT2D eigenvalue weighted by atomic mass is 10.2. The van der Waals surface area contributed by atoms with Crippen molar-refractivity contribution in [1.29, 1.82) is 0 Å². The van der Waals surface area contributed by atoms with Crippen molar-refractivity contribution in [3.8, 4) is 11.5 Å². The van der Waals surface area contributed by atoms with E-state index >= 15 is 0 Å². The quantitative estimate of drug-likeness (QED) is 0.934. The number of ether oxygens (including phenoxy) is 2. The van der Waals surface area contributed by atoms with Gasteiger partial charge in [0.05, 0.1) is 4.90 Å². The van der Waals surface area contributed by atoms with Gasteiger partial charge in [0.25, 0.3) is 0 Å². The van der Waals surface area contributed by atoms with Crippen molar-refractivity contribution in [1.82, 2.24) is 4.72 Å². The van der Waals surface area contributed by atoms with E-state index < -0.39 is 10.0 Å². The Morgan fingerprint density at radius 1 is 1.09 bits per heavy atom. The Bertz CT molecular complexity index is 830. The van der Waals surface area contributed by atoms with Crippen LogP contribution in [0.2, 0.25) is 0 Å². The molecule has 0 radical (unpaired) electrons. The largest absolute Gasteiger partial charge is 0.486 e. The highest BCUT2D eigenvalue weighted by atomic mass is 32.2. The van der Waals surface area contributed by atoms with Gasteiger partial charge in [0.1, 0.15) is 13.2 Å². The van der Waals surface area contributed by atoms with Gasteiger partial charge in [0.2, 0.25) is 10.0 Å². The average Bonchev–Trinajstić information content (AvgIpc) is 2.52. The van der Waals surface area contributed by atoms with E-state index in [2.05, 4.69) is 4.72 Å². The molecule has 0 aromatic heterocycles. The zero-order valence-corrected chi connectivity index (χ0v) is 13.9. The van der Waals surface area contributed by atoms with E-state index in [1.54, 1.807) is 19.1 Å². The first-order valence-electron chi connectivity index (χ1n) is 7.42. The molecule has 2 aromatic carbocycles. The fourth-order valence-electron chi connectivity index (χ4n) is 2.62. The minimum Gasteiger partial charge on any atom is -0.486 e. The minimum absolute atomic E-state index is 0.155. The molecule has 0 unspecified atom stereocenters. The molecule has 1 N–H and O–H groups in total. The van der Waals surface area contributed by atoms with Gasteiger partial charge in [-0.3, -0.25) is 0 Å². The van der Waals surface area contributed by atoms with Crippen LogP contribution >= 0.6 is 0 Å². The lowest BCUT2D eigenvalue weighted by Crippen LogP contribution is -2.25. The number of aryl methyl sites for hydroxylation is 2. The molecule has 0 bridgehead atoms. The van der Waals surface area contributed by atoms with Gasteiger partial charge in [-0.05, 0) is 31.5 Å². The van der Waals surface area contributed by atoms with Gasteiger partial charge >= 0.3 is 0 Å². The molecule has 0 atom stereocenters. The molecular formula is C17H19NO4S. The molecule has 0 saturated carbocycles. The summed E-state index contributed by atoms with van der Waals surface area (Å²) in [4.78, 5) is 0.296. The van der Waals surface area contributed by atoms with Crippen LogP contribution in [0.5, 0.6) is 11.5 Å². The monoisotopic (exact) mass is 333 g/mol. The number of hydrogen-bond acceptors (Lipinski definition) is 4. The number of nitrogens with one attached hydrogen (secondary N) is 1. The van der Waals surface area contributed by atoms with Gasteiger partial charge in [-0.15, -0.1) is 0 Å². The smallest absolute Gasteiger partial charge is 0.241 e. The number of rotatable bonds is 4. The summed E-state index contributed by atoms with van der Waals surface area (Å²) in [6.45, 7) is 4.86. The first-order chi connectivity index (χ1) is 11.0. The van der Waals surface area contributed by atoms with Crippen molar-refractivity contribution in [3.63, 3.8) is 0 Å². The van der Waals surface area contributed by atoms with Crippen LogP contribution in [-0.2, 0) is 16.6 Å². The molecular weight excluding hydrogens is 314 g/mol. The summed E-state index contributed by atoms with van der Waals surface area (Å²) < 4.78 is 38.8. The predicted octanol–water partition coefficient (Wildman–Crippen LogP) is 2.55. The van der Waals surface area contributed by atoms with Crippen LogP contribution < -0.4 is 14.2 Å². The van der Waals surface area contributed by atoms with Crippen LogP contribution in [0.25, 0.3) is 0 Å². The highest BCUT2D eigenvalue weighted by Gasteiger charge is 2.20. The lowest BCUT2D eigenvalue weighted by Gasteiger charge is -2.21. The Morgan fingerprint density at radius 3 is 2.65 bits per heavy atom. The van der Waals surface area contributed by atoms with E-state index in [9.17, 15) is 8.42 Å². The van der Waals surface area contributed by atoms with Crippen molar-refractivity contribution in [2.75, 3.05) is 13.2 Å². The van der Waals surface area contributed by atoms with Crippen LogP contribution in [0.4, 0.5) is 0 Å². The minimum atomic E-state index is -3.58. The molecule has 2 aromatic rings. The van der Waals surface area contributed by atoms with E-state index in [4.69, 9.17) is 9.47 Å². The summed E-state index contributed by atoms with van der Waals surface area (Å²) in [5, 5.41) is 0. The zero-order valence-electron chi connectivity index (χ0n) is 13.1. The maximum atomic E-state index is 12.5. The van der Waals surface area contributed by atoms with Crippen molar-refractivity contribution in [2.24, 2.45) is 0 Å². The average molecular weight is 333 g/mol. The van der Waals surface area contributed by atoms with Gasteiger partial charge in [-0.2, -0.15) is 0 Å². The standard InChI is InChI=1S/C17H19NO4S/c1-12-6-7-16(13(2)10-12)23(19,20)18-11-14-4-3-5-15-17(14)22-9-8-21-15/h3-7,10,18H,8-9,11H2,1-2H3. The highest BCUT2D eigenvalue weighted by Crippen LogP contribution is 2.33. The summed E-state index contributed by atoms with van der Waals surface area (Å²) in [5.41, 5.74) is 2.52. The number of para-hydroxylation sites is 1. The molecule has 0 spiro atoms. The number of benzene rings is 2. The summed E-state index contributed by atoms with van der Waals surface area (Å²) in [5.74, 6) is 1.27. The molecule has 6 heteroatoms. The van der Waals surface area contributed by atoms with E-state index in [1.807, 2.05) is 31.2 Å². The maximum absolute atomic E-state index is 12.5. The van der Waals surface area contributed by atoms with Crippen molar-refractivity contribution in [3.05, 3.63) is 53.1 Å². The summed E-state index contributed by atoms with van der Waals surface area (Å²) in [7, 11) is -3.58. The van der Waals surface area contributed by atoms with Crippen LogP contribution in [0.1, 0.15) is 16.7 Å². The van der Waals surface area contributed by atoms with Crippen LogP contribution in [0, 0.1) is 13.8 Å². The molecule has 0 saturated heterocycles. The normalized spacial score (nSPS) is 13.8. The topological polar surface area (TPSA) is 64.6 Å². The van der Waals surface area contributed by atoms with Crippen LogP contribution in [-0.4, -0.2) is 21.6 Å². The van der Waals surface area contributed by atoms with Crippen LogP contribution in [0.3, 0.4) is 0 Å². The molecule has 5 nitrogen and oxygen atoms in total. The number of sulfonamides is 1. The first kappa shape index (κ1) is 15.8. The fraction of sp³-hybridized carbons (Fsp3) is 0.294. The molecule has 1 heterocycles. The molecule has 0 aliphatic carbocycles. The molecule has 1 aliphatic heterocycles. The Labute approximate surface area is 136 Å². The molecule has 23 heavy (non-hydrogen) atoms. The van der Waals surface area contributed by atoms with Gasteiger partial charge < -0.3 is 9.47 Å². The molecule has 0 fully saturated rings. The third kappa shape index (κ3) is 3.33. The molecule has 122 valence electrons. The number of fused-ring (bicyclic) bond motifs is 1. The molecule has 0 amide bonds. The van der Waals surface area contributed by atoms with E-state index in [0.29, 0.717) is 29.6 Å². The predicted molar refractivity (Wildman–Crippen MR) is 87.4 cm³/mol. The highest BCUT2D eigenvalue weighted by molar-refractivity contribution is 7.89. The molecule has 3 rings (SSSR count). The van der Waals surface area contributed by atoms with E-state index in [0.717, 1.165) is 16.7 Å². The van der Waals surface area contributed by atoms with Crippen molar-refractivity contribution < 1.29 is 17.9 Å². The van der Waals surface area contributed by atoms with Gasteiger partial charge in [0.15, 0.2) is 11.5 Å². The summed E-state index contributed by atoms with van der Waals surface area (Å²) in [6, 6.07) is 10.8. The fourth-order valence-corrected chi connectivity index (χ4v) is 3.86. The lowest BCUT2D eigenvalue weighted by molar-refractivity contribution is 0.170. The van der Waals surface area contributed by atoms with Gasteiger partial charge in [0, 0.05) is 12.1 Å². The Morgan fingerprint density at radius 2 is 1.87 bits per heavy atom. The maximum Gasteiger partial charge on any atom is 0.241 e. The number of hydrogen-bond donors (Lipinski definition) is 1. The van der Waals surface area contributed by atoms with Crippen molar-refractivity contribution >= 4 is 10.0 Å². The third-order valence-electron chi connectivity index (χ3n) is 3.72. The second-order valence-electron chi connectivity index (χ2n) is 5.53. The van der Waals surface area contributed by atoms with Crippen LogP contribution in [0.15, 0.2) is 41.3 Å². The summed E-state index contributed by atoms with van der Waals surface area (Å²) >= 11 is 0. The van der Waals surface area contributed by atoms with Gasteiger partial charge in [-0.1, -0.05) is 29.8 Å². The van der Waals surface area contributed by atoms with E-state index in [1.165, 1.54) is 0 Å². The molecule has 1 aliphatic rings. The first-order valence-corrected chi connectivity index (χ1v) is 8.90. The van der Waals surface area contributed by atoms with Gasteiger partial charge in [-0.25, -0.2) is 13.1 Å². The van der Waals surface area contributed by atoms with Crippen molar-refractivity contribution in [2.45, 2.75) is 25.3 Å². The third-order valence-corrected chi connectivity index (χ3v) is 5.28. The summed E-state index contributed by atoms with van der Waals surface area (Å²) in [6.07, 6.45) is 0. The second-order valence-corrected chi connectivity index (χ2v) is 7.27. The Kier molecular flexibility index (Phi) is 4.28. The zero-order chi connectivity index (χ0) is 16.4. The SMILES string of the molecule is Cc1ccc(S(=O)(=O)NCc2cccc3c2OCCO3)c(C)c1.